The molecule has 0 nitrogen and oxygen atoms in total. The van der Waals surface area contributed by atoms with Crippen LogP contribution < -0.4 is 0 Å². The SMILES string of the molecule is CCCCCCCC1CCC(C(C)Cc2ccc(-c3ccccc3)c(F)c2)CC1. The summed E-state index contributed by atoms with van der Waals surface area (Å²) in [5.74, 6) is 2.32. The Morgan fingerprint density at radius 1 is 0.897 bits per heavy atom. The molecule has 2 aromatic rings. The highest BCUT2D eigenvalue weighted by atomic mass is 19.1. The van der Waals surface area contributed by atoms with E-state index in [-0.39, 0.29) is 5.82 Å². The average molecular weight is 395 g/mol. The van der Waals surface area contributed by atoms with Crippen LogP contribution in [0.25, 0.3) is 11.1 Å². The molecule has 0 radical (unpaired) electrons. The van der Waals surface area contributed by atoms with Gasteiger partial charge in [0.25, 0.3) is 0 Å². The van der Waals surface area contributed by atoms with Crippen molar-refractivity contribution in [3.63, 3.8) is 0 Å². The molecular weight excluding hydrogens is 355 g/mol. The van der Waals surface area contributed by atoms with E-state index < -0.39 is 0 Å². The Morgan fingerprint density at radius 3 is 2.31 bits per heavy atom. The summed E-state index contributed by atoms with van der Waals surface area (Å²) in [6.45, 7) is 4.66. The summed E-state index contributed by atoms with van der Waals surface area (Å²) in [4.78, 5) is 0. The van der Waals surface area contributed by atoms with Gasteiger partial charge in [-0.1, -0.05) is 108 Å². The minimum Gasteiger partial charge on any atom is -0.206 e. The van der Waals surface area contributed by atoms with Crippen molar-refractivity contribution in [2.45, 2.75) is 84.5 Å². The van der Waals surface area contributed by atoms with Gasteiger partial charge in [-0.2, -0.15) is 0 Å². The van der Waals surface area contributed by atoms with Crippen LogP contribution in [0, 0.1) is 23.6 Å². The Kier molecular flexibility index (Phi) is 8.77. The number of hydrogen-bond donors (Lipinski definition) is 0. The molecule has 1 aliphatic carbocycles. The van der Waals surface area contributed by atoms with Gasteiger partial charge in [0.15, 0.2) is 0 Å². The Bertz CT molecular complexity index is 712. The van der Waals surface area contributed by atoms with Crippen LogP contribution in [0.4, 0.5) is 4.39 Å². The van der Waals surface area contributed by atoms with Gasteiger partial charge in [0, 0.05) is 5.56 Å². The Balaban J connectivity index is 1.45. The van der Waals surface area contributed by atoms with E-state index in [9.17, 15) is 4.39 Å². The smallest absolute Gasteiger partial charge is 0.131 e. The van der Waals surface area contributed by atoms with Crippen molar-refractivity contribution in [2.75, 3.05) is 0 Å². The molecule has 1 fully saturated rings. The van der Waals surface area contributed by atoms with Crippen LogP contribution in [0.3, 0.4) is 0 Å². The third kappa shape index (κ3) is 6.69. The number of halogens is 1. The van der Waals surface area contributed by atoms with E-state index in [0.29, 0.717) is 11.5 Å². The molecule has 0 spiro atoms. The van der Waals surface area contributed by atoms with Crippen LogP contribution in [-0.2, 0) is 6.42 Å². The van der Waals surface area contributed by atoms with Crippen molar-refractivity contribution in [2.24, 2.45) is 17.8 Å². The fraction of sp³-hybridized carbons (Fsp3) is 0.571. The Hall–Kier alpha value is -1.63. The molecule has 0 aliphatic heterocycles. The molecule has 0 saturated heterocycles. The van der Waals surface area contributed by atoms with E-state index in [1.54, 1.807) is 6.07 Å². The maximum absolute atomic E-state index is 14.7. The van der Waals surface area contributed by atoms with Gasteiger partial charge in [-0.3, -0.25) is 0 Å². The predicted molar refractivity (Wildman–Crippen MR) is 124 cm³/mol. The molecule has 1 unspecified atom stereocenters. The lowest BCUT2D eigenvalue weighted by Gasteiger charge is -2.32. The van der Waals surface area contributed by atoms with Gasteiger partial charge in [0.2, 0.25) is 0 Å². The molecule has 1 aliphatic rings. The van der Waals surface area contributed by atoms with E-state index in [1.165, 1.54) is 64.2 Å². The van der Waals surface area contributed by atoms with Crippen molar-refractivity contribution < 1.29 is 4.39 Å². The van der Waals surface area contributed by atoms with E-state index in [0.717, 1.165) is 29.4 Å². The van der Waals surface area contributed by atoms with Gasteiger partial charge < -0.3 is 0 Å². The lowest BCUT2D eigenvalue weighted by molar-refractivity contribution is 0.204. The van der Waals surface area contributed by atoms with Gasteiger partial charge >= 0.3 is 0 Å². The van der Waals surface area contributed by atoms with Crippen molar-refractivity contribution in [3.05, 3.63) is 59.9 Å². The first kappa shape index (κ1) is 22.1. The van der Waals surface area contributed by atoms with Crippen LogP contribution in [0.5, 0.6) is 0 Å². The molecular formula is C28H39F. The summed E-state index contributed by atoms with van der Waals surface area (Å²) in [7, 11) is 0. The van der Waals surface area contributed by atoms with E-state index in [2.05, 4.69) is 19.9 Å². The lowest BCUT2D eigenvalue weighted by Crippen LogP contribution is -2.21. The molecule has 158 valence electrons. The molecule has 0 heterocycles. The minimum atomic E-state index is -0.0901. The van der Waals surface area contributed by atoms with E-state index >= 15 is 0 Å². The molecule has 29 heavy (non-hydrogen) atoms. The lowest BCUT2D eigenvalue weighted by atomic mass is 9.73. The van der Waals surface area contributed by atoms with E-state index in [1.807, 2.05) is 36.4 Å². The van der Waals surface area contributed by atoms with Crippen molar-refractivity contribution in [1.29, 1.82) is 0 Å². The van der Waals surface area contributed by atoms with Gasteiger partial charge in [0.1, 0.15) is 5.82 Å². The fourth-order valence-corrected chi connectivity index (χ4v) is 5.16. The second-order valence-electron chi connectivity index (χ2n) is 9.35. The summed E-state index contributed by atoms with van der Waals surface area (Å²) in [5, 5.41) is 0. The van der Waals surface area contributed by atoms with Crippen LogP contribution in [0.1, 0.15) is 83.6 Å². The van der Waals surface area contributed by atoms with Gasteiger partial charge in [-0.25, -0.2) is 4.39 Å². The number of hydrogen-bond acceptors (Lipinski definition) is 0. The second-order valence-corrected chi connectivity index (χ2v) is 9.35. The molecule has 2 aromatic carbocycles. The first-order valence-corrected chi connectivity index (χ1v) is 12.0. The third-order valence-electron chi connectivity index (χ3n) is 7.09. The zero-order valence-electron chi connectivity index (χ0n) is 18.5. The predicted octanol–water partition coefficient (Wildman–Crippen LogP) is 8.84. The summed E-state index contributed by atoms with van der Waals surface area (Å²) >= 11 is 0. The van der Waals surface area contributed by atoms with Crippen LogP contribution in [0.2, 0.25) is 0 Å². The highest BCUT2D eigenvalue weighted by Gasteiger charge is 2.25. The molecule has 0 N–H and O–H groups in total. The summed E-state index contributed by atoms with van der Waals surface area (Å²) in [6.07, 6.45) is 15.0. The summed E-state index contributed by atoms with van der Waals surface area (Å²) in [6, 6.07) is 15.7. The van der Waals surface area contributed by atoms with Crippen molar-refractivity contribution >= 4 is 0 Å². The summed E-state index contributed by atoms with van der Waals surface area (Å²) < 4.78 is 14.7. The zero-order chi connectivity index (χ0) is 20.5. The van der Waals surface area contributed by atoms with Crippen LogP contribution in [-0.4, -0.2) is 0 Å². The van der Waals surface area contributed by atoms with Crippen molar-refractivity contribution in [1.82, 2.24) is 0 Å². The average Bonchev–Trinajstić information content (AvgIpc) is 2.75. The summed E-state index contributed by atoms with van der Waals surface area (Å²) in [5.41, 5.74) is 2.81. The molecule has 0 amide bonds. The molecule has 1 atom stereocenters. The topological polar surface area (TPSA) is 0 Å². The van der Waals surface area contributed by atoms with Crippen LogP contribution in [0.15, 0.2) is 48.5 Å². The molecule has 0 bridgehead atoms. The number of unbranched alkanes of at least 4 members (excludes halogenated alkanes) is 4. The maximum atomic E-state index is 14.7. The van der Waals surface area contributed by atoms with Gasteiger partial charge in [-0.15, -0.1) is 0 Å². The standard InChI is InChI=1S/C28H39F/c1-3-4-5-6-8-11-23-14-17-25(18-15-23)22(2)20-24-16-19-27(28(29)21-24)26-12-9-7-10-13-26/h7,9-10,12-13,16,19,21-23,25H,3-6,8,11,14-15,17-18,20H2,1-2H3. The zero-order valence-corrected chi connectivity index (χ0v) is 18.5. The third-order valence-corrected chi connectivity index (χ3v) is 7.09. The minimum absolute atomic E-state index is 0.0901. The molecule has 1 saturated carbocycles. The fourth-order valence-electron chi connectivity index (χ4n) is 5.16. The largest absolute Gasteiger partial charge is 0.206 e. The van der Waals surface area contributed by atoms with Crippen LogP contribution >= 0.6 is 0 Å². The highest BCUT2D eigenvalue weighted by molar-refractivity contribution is 5.64. The monoisotopic (exact) mass is 394 g/mol. The van der Waals surface area contributed by atoms with E-state index in [4.69, 9.17) is 0 Å². The quantitative estimate of drug-likeness (QED) is 0.353. The normalized spacial score (nSPS) is 20.5. The second kappa shape index (κ2) is 11.5. The number of benzene rings is 2. The Morgan fingerprint density at radius 2 is 1.62 bits per heavy atom. The molecule has 0 aromatic heterocycles. The maximum Gasteiger partial charge on any atom is 0.131 e. The highest BCUT2D eigenvalue weighted by Crippen LogP contribution is 2.37. The van der Waals surface area contributed by atoms with Crippen molar-refractivity contribution in [3.8, 4) is 11.1 Å². The number of rotatable bonds is 10. The first-order valence-electron chi connectivity index (χ1n) is 12.0. The van der Waals surface area contributed by atoms with Gasteiger partial charge in [-0.05, 0) is 54.2 Å². The van der Waals surface area contributed by atoms with Gasteiger partial charge in [0.05, 0.1) is 0 Å². The Labute approximate surface area is 177 Å². The first-order chi connectivity index (χ1) is 14.2. The molecule has 1 heteroatoms. The molecule has 3 rings (SSSR count).